The molecule has 2 aliphatic heterocycles. The van der Waals surface area contributed by atoms with Crippen molar-refractivity contribution in [1.82, 2.24) is 19.6 Å². The molecule has 0 spiro atoms. The normalized spacial score (nSPS) is 20.5. The van der Waals surface area contributed by atoms with Crippen LogP contribution >= 0.6 is 0 Å². The minimum absolute atomic E-state index is 0.220. The van der Waals surface area contributed by atoms with E-state index in [0.717, 1.165) is 24.2 Å². The number of rotatable bonds is 4. The summed E-state index contributed by atoms with van der Waals surface area (Å²) in [5.74, 6) is 0.874. The molecule has 1 fully saturated rings. The molecule has 0 bridgehead atoms. The number of hydrogen-bond acceptors (Lipinski definition) is 4. The van der Waals surface area contributed by atoms with E-state index in [-0.39, 0.29) is 11.9 Å². The third-order valence-corrected chi connectivity index (χ3v) is 4.79. The van der Waals surface area contributed by atoms with Crippen LogP contribution in [0.15, 0.2) is 11.1 Å². The molecule has 3 amide bonds. The van der Waals surface area contributed by atoms with Crippen LogP contribution in [0.1, 0.15) is 39.1 Å². The third-order valence-electron chi connectivity index (χ3n) is 4.79. The Morgan fingerprint density at radius 2 is 1.88 bits per heavy atom. The minimum Gasteiger partial charge on any atom is -0.270 e. The average molecular weight is 345 g/mol. The summed E-state index contributed by atoms with van der Waals surface area (Å²) >= 11 is 0. The molecule has 0 N–H and O–H groups in total. The molecule has 1 aromatic heterocycles. The lowest BCUT2D eigenvalue weighted by molar-refractivity contribution is -0.534. The number of aromatic nitrogens is 2. The average Bonchev–Trinajstić information content (AvgIpc) is 3.20. The van der Waals surface area contributed by atoms with Gasteiger partial charge in [-0.1, -0.05) is 18.8 Å². The van der Waals surface area contributed by atoms with Crippen molar-refractivity contribution in [2.75, 3.05) is 20.1 Å². The fraction of sp³-hybridized carbons (Fsp3) is 0.588. The third kappa shape index (κ3) is 2.47. The first-order chi connectivity index (χ1) is 12.0. The molecular formula is C17H25N6O2+. The second-order valence-electron chi connectivity index (χ2n) is 6.13. The Morgan fingerprint density at radius 1 is 1.16 bits per heavy atom. The summed E-state index contributed by atoms with van der Waals surface area (Å²) in [6.45, 7) is 8.86. The number of fused-ring (bicyclic) bond motifs is 1. The van der Waals surface area contributed by atoms with Gasteiger partial charge in [-0.15, -0.1) is 9.78 Å². The van der Waals surface area contributed by atoms with Gasteiger partial charge in [0.25, 0.3) is 5.91 Å². The second kappa shape index (κ2) is 6.42. The number of aliphatic imine (C=N–C) groups is 1. The molecule has 8 heteroatoms. The van der Waals surface area contributed by atoms with Gasteiger partial charge in [-0.05, 0) is 26.3 Å². The number of amidine groups is 1. The number of imide groups is 1. The van der Waals surface area contributed by atoms with Gasteiger partial charge >= 0.3 is 12.0 Å². The van der Waals surface area contributed by atoms with Gasteiger partial charge in [0.1, 0.15) is 5.69 Å². The summed E-state index contributed by atoms with van der Waals surface area (Å²) in [5.41, 5.74) is 2.03. The van der Waals surface area contributed by atoms with E-state index < -0.39 is 6.04 Å². The molecule has 1 unspecified atom stereocenters. The maximum atomic E-state index is 12.9. The lowest BCUT2D eigenvalue weighted by Crippen LogP contribution is -2.62. The fourth-order valence-electron chi connectivity index (χ4n) is 3.36. The smallest absolute Gasteiger partial charge is 0.270 e. The standard InChI is InChI=1S/C17H25N6O2/c1-6-11-10-12(7-2)23(19-11)16-18-14-13(21(16)8-3)15(24)22(9-4)17(25)20(14)5/h10,13H,6-9H2,1-5H3/q+1. The predicted octanol–water partition coefficient (Wildman–Crippen LogP) is 0.939. The van der Waals surface area contributed by atoms with Crippen molar-refractivity contribution in [3.63, 3.8) is 0 Å². The first kappa shape index (κ1) is 17.3. The molecule has 3 heterocycles. The topological polar surface area (TPSA) is 73.8 Å². The Morgan fingerprint density at radius 3 is 2.44 bits per heavy atom. The van der Waals surface area contributed by atoms with Crippen LogP contribution in [0.3, 0.4) is 0 Å². The number of amides is 3. The molecule has 0 aliphatic carbocycles. The zero-order valence-corrected chi connectivity index (χ0v) is 15.5. The van der Waals surface area contributed by atoms with Crippen molar-refractivity contribution < 1.29 is 14.2 Å². The van der Waals surface area contributed by atoms with Crippen LogP contribution in [-0.2, 0) is 17.6 Å². The highest BCUT2D eigenvalue weighted by Crippen LogP contribution is 2.21. The lowest BCUT2D eigenvalue weighted by atomic mass is 10.1. The number of urea groups is 1. The van der Waals surface area contributed by atoms with E-state index >= 15 is 0 Å². The van der Waals surface area contributed by atoms with E-state index in [9.17, 15) is 9.59 Å². The SMILES string of the molecule is CCc1cc(CC)n(C2=[N+](CC)C3C(=O)N(CC)C(=O)N(C)C3=N2)n1. The zero-order chi connectivity index (χ0) is 18.3. The van der Waals surface area contributed by atoms with Crippen LogP contribution in [0.2, 0.25) is 0 Å². The van der Waals surface area contributed by atoms with Gasteiger partial charge in [-0.2, -0.15) is 0 Å². The van der Waals surface area contributed by atoms with Gasteiger partial charge < -0.3 is 0 Å². The molecule has 1 atom stereocenters. The van der Waals surface area contributed by atoms with E-state index in [1.54, 1.807) is 14.0 Å². The zero-order valence-electron chi connectivity index (χ0n) is 15.5. The Hall–Kier alpha value is -2.51. The molecule has 0 saturated carbocycles. The summed E-state index contributed by atoms with van der Waals surface area (Å²) in [6.07, 6.45) is 1.65. The summed E-state index contributed by atoms with van der Waals surface area (Å²) < 4.78 is 3.74. The van der Waals surface area contributed by atoms with E-state index in [1.807, 2.05) is 16.2 Å². The van der Waals surface area contributed by atoms with Crippen molar-refractivity contribution >= 4 is 23.7 Å². The van der Waals surface area contributed by atoms with Crippen molar-refractivity contribution in [3.8, 4) is 0 Å². The molecule has 134 valence electrons. The maximum Gasteiger partial charge on any atom is 0.421 e. The van der Waals surface area contributed by atoms with Crippen LogP contribution in [0.5, 0.6) is 0 Å². The number of carbonyl (C=O) groups is 2. The number of aryl methyl sites for hydroxylation is 2. The largest absolute Gasteiger partial charge is 0.421 e. The molecule has 0 aromatic carbocycles. The number of hydrogen-bond donors (Lipinski definition) is 0. The van der Waals surface area contributed by atoms with Gasteiger partial charge in [-0.3, -0.25) is 14.6 Å². The summed E-state index contributed by atoms with van der Waals surface area (Å²) in [7, 11) is 1.67. The Kier molecular flexibility index (Phi) is 4.45. The molecular weight excluding hydrogens is 320 g/mol. The molecule has 2 aliphatic rings. The Labute approximate surface area is 147 Å². The quantitative estimate of drug-likeness (QED) is 0.762. The number of carbonyl (C=O) groups excluding carboxylic acids is 2. The van der Waals surface area contributed by atoms with Gasteiger partial charge in [0.15, 0.2) is 0 Å². The fourth-order valence-corrected chi connectivity index (χ4v) is 3.36. The van der Waals surface area contributed by atoms with Crippen LogP contribution < -0.4 is 0 Å². The van der Waals surface area contributed by atoms with Crippen LogP contribution in [0.25, 0.3) is 0 Å². The Balaban J connectivity index is 2.16. The molecule has 3 rings (SSSR count). The summed E-state index contributed by atoms with van der Waals surface area (Å²) in [6, 6.07) is 1.17. The molecule has 8 nitrogen and oxygen atoms in total. The highest BCUT2D eigenvalue weighted by atomic mass is 16.2. The van der Waals surface area contributed by atoms with Gasteiger partial charge in [-0.25, -0.2) is 9.37 Å². The molecule has 1 saturated heterocycles. The molecule has 1 aromatic rings. The monoisotopic (exact) mass is 345 g/mol. The van der Waals surface area contributed by atoms with Crippen molar-refractivity contribution in [2.45, 2.75) is 46.6 Å². The van der Waals surface area contributed by atoms with Crippen molar-refractivity contribution in [2.24, 2.45) is 4.99 Å². The lowest BCUT2D eigenvalue weighted by Gasteiger charge is -2.33. The highest BCUT2D eigenvalue weighted by molar-refractivity contribution is 6.22. The predicted molar refractivity (Wildman–Crippen MR) is 94.0 cm³/mol. The first-order valence-corrected chi connectivity index (χ1v) is 8.87. The van der Waals surface area contributed by atoms with Crippen LogP contribution in [-0.4, -0.2) is 74.1 Å². The van der Waals surface area contributed by atoms with E-state index in [1.165, 1.54) is 9.80 Å². The van der Waals surface area contributed by atoms with Crippen molar-refractivity contribution in [1.29, 1.82) is 0 Å². The van der Waals surface area contributed by atoms with Gasteiger partial charge in [0.05, 0.1) is 12.2 Å². The van der Waals surface area contributed by atoms with Gasteiger partial charge in [0, 0.05) is 20.0 Å². The van der Waals surface area contributed by atoms with E-state index in [4.69, 9.17) is 0 Å². The number of nitrogens with zero attached hydrogens (tertiary/aromatic N) is 6. The van der Waals surface area contributed by atoms with E-state index in [2.05, 4.69) is 30.0 Å². The van der Waals surface area contributed by atoms with Crippen LogP contribution in [0.4, 0.5) is 4.79 Å². The van der Waals surface area contributed by atoms with Crippen molar-refractivity contribution in [3.05, 3.63) is 17.5 Å². The molecule has 0 radical (unpaired) electrons. The second-order valence-corrected chi connectivity index (χ2v) is 6.13. The van der Waals surface area contributed by atoms with E-state index in [0.29, 0.717) is 24.9 Å². The highest BCUT2D eigenvalue weighted by Gasteiger charge is 2.52. The maximum absolute atomic E-state index is 12.9. The number of likely N-dealkylation sites (N-methyl/N-ethyl adjacent to an activating group) is 3. The van der Waals surface area contributed by atoms with Crippen LogP contribution in [0, 0.1) is 0 Å². The summed E-state index contributed by atoms with van der Waals surface area (Å²) in [4.78, 5) is 32.7. The minimum atomic E-state index is -0.568. The first-order valence-electron chi connectivity index (χ1n) is 8.87. The molecule has 25 heavy (non-hydrogen) atoms. The summed E-state index contributed by atoms with van der Waals surface area (Å²) in [5, 5.41) is 4.65. The Bertz CT molecular complexity index is 791. The van der Waals surface area contributed by atoms with Gasteiger partial charge in [0.2, 0.25) is 11.9 Å².